The molecule has 0 unspecified atom stereocenters. The molecule has 0 saturated carbocycles. The van der Waals surface area contributed by atoms with Crippen LogP contribution in [0.25, 0.3) is 16.9 Å². The van der Waals surface area contributed by atoms with E-state index >= 15 is 0 Å². The number of aryl methyl sites for hydroxylation is 1. The molecule has 2 saturated heterocycles. The number of nitrogens with zero attached hydrogens (tertiary/aromatic N) is 6. The fraction of sp³-hybridized carbons (Fsp3) is 0.379. The van der Waals surface area contributed by atoms with E-state index < -0.39 is 17.1 Å². The van der Waals surface area contributed by atoms with E-state index in [1.165, 1.54) is 34.2 Å². The van der Waals surface area contributed by atoms with Gasteiger partial charge in [-0.2, -0.15) is 0 Å². The van der Waals surface area contributed by atoms with Gasteiger partial charge in [-0.25, -0.2) is 14.4 Å². The van der Waals surface area contributed by atoms with E-state index in [9.17, 15) is 19.1 Å². The number of carbonyl (C=O) groups is 1. The zero-order valence-electron chi connectivity index (χ0n) is 23.0. The third-order valence-corrected chi connectivity index (χ3v) is 8.24. The van der Waals surface area contributed by atoms with Crippen molar-refractivity contribution in [2.24, 2.45) is 0 Å². The van der Waals surface area contributed by atoms with Crippen molar-refractivity contribution in [1.29, 1.82) is 0 Å². The first-order valence-corrected chi connectivity index (χ1v) is 14.1. The van der Waals surface area contributed by atoms with Crippen LogP contribution in [-0.4, -0.2) is 99.8 Å². The number of carbonyl (C=O) groups excluding carboxylic acids is 1. The summed E-state index contributed by atoms with van der Waals surface area (Å²) in [5, 5.41) is 11.2. The highest BCUT2D eigenvalue weighted by Crippen LogP contribution is 2.31. The molecule has 1 N–H and O–H groups in total. The number of piperazine rings is 1. The highest BCUT2D eigenvalue weighted by molar-refractivity contribution is 7.15. The van der Waals surface area contributed by atoms with E-state index in [4.69, 9.17) is 11.2 Å². The summed E-state index contributed by atoms with van der Waals surface area (Å²) < 4.78 is 20.8. The van der Waals surface area contributed by atoms with Gasteiger partial charge in [0.05, 0.1) is 13.2 Å². The standard InChI is InChI=1S/C29H31FN6O4S/c1-4-22(34-11-13-40-14-12-34)18-36-19(2)32-25(26(37)29(36)39)27-31-17-23(41-27)15-20-5-6-21(30)16-24(20)28(38)35-9-7-33(3)8-10-35/h1,5-6,16-18,37H,7-15H2,2-3H3. The molecule has 0 radical (unpaired) electrons. The van der Waals surface area contributed by atoms with Crippen LogP contribution in [0.2, 0.25) is 0 Å². The van der Waals surface area contributed by atoms with Gasteiger partial charge < -0.3 is 24.5 Å². The molecule has 2 aliphatic heterocycles. The second-order valence-corrected chi connectivity index (χ2v) is 11.1. The number of morpholine rings is 1. The lowest BCUT2D eigenvalue weighted by Crippen LogP contribution is -2.47. The van der Waals surface area contributed by atoms with Crippen molar-refractivity contribution in [1.82, 2.24) is 29.2 Å². The Morgan fingerprint density at radius 3 is 2.63 bits per heavy atom. The van der Waals surface area contributed by atoms with Gasteiger partial charge in [0.1, 0.15) is 28.0 Å². The van der Waals surface area contributed by atoms with E-state index in [1.54, 1.807) is 24.1 Å². The molecule has 0 bridgehead atoms. The average molecular weight is 579 g/mol. The van der Waals surface area contributed by atoms with Crippen LogP contribution < -0.4 is 5.56 Å². The van der Waals surface area contributed by atoms with Crippen LogP contribution in [0, 0.1) is 25.1 Å². The summed E-state index contributed by atoms with van der Waals surface area (Å²) in [7, 11) is 2.00. The van der Waals surface area contributed by atoms with Crippen molar-refractivity contribution in [3.63, 3.8) is 0 Å². The number of aromatic hydroxyl groups is 1. The molecule has 3 aromatic rings. The number of hydrogen-bond acceptors (Lipinski definition) is 9. The number of hydrogen-bond donors (Lipinski definition) is 1. The van der Waals surface area contributed by atoms with Crippen LogP contribution in [0.5, 0.6) is 5.75 Å². The van der Waals surface area contributed by atoms with E-state index in [0.717, 1.165) is 18.0 Å². The number of halogens is 1. The van der Waals surface area contributed by atoms with Crippen molar-refractivity contribution >= 4 is 23.4 Å². The summed E-state index contributed by atoms with van der Waals surface area (Å²) in [6, 6.07) is 4.23. The maximum atomic E-state index is 14.2. The molecule has 5 rings (SSSR count). The number of ether oxygens (including phenoxy) is 1. The van der Waals surface area contributed by atoms with Crippen molar-refractivity contribution < 1.29 is 19.0 Å². The fourth-order valence-electron chi connectivity index (χ4n) is 4.84. The molecular weight excluding hydrogens is 547 g/mol. The maximum Gasteiger partial charge on any atom is 0.300 e. The van der Waals surface area contributed by atoms with Crippen LogP contribution in [0.1, 0.15) is 26.6 Å². The largest absolute Gasteiger partial charge is 0.501 e. The molecule has 0 spiro atoms. The molecular formula is C29H31FN6O4S. The van der Waals surface area contributed by atoms with Crippen LogP contribution in [0.4, 0.5) is 4.39 Å². The Balaban J connectivity index is 1.40. The molecule has 1 amide bonds. The highest BCUT2D eigenvalue weighted by atomic mass is 32.1. The number of terminal acetylenes is 1. The van der Waals surface area contributed by atoms with E-state index in [1.807, 2.05) is 11.9 Å². The number of thiazole rings is 1. The molecule has 2 aliphatic rings. The molecule has 0 aliphatic carbocycles. The third-order valence-electron chi connectivity index (χ3n) is 7.23. The summed E-state index contributed by atoms with van der Waals surface area (Å²) in [5.41, 5.74) is 0.883. The summed E-state index contributed by atoms with van der Waals surface area (Å²) >= 11 is 1.24. The smallest absolute Gasteiger partial charge is 0.300 e. The van der Waals surface area contributed by atoms with E-state index in [0.29, 0.717) is 73.5 Å². The van der Waals surface area contributed by atoms with Crippen LogP contribution >= 0.6 is 11.3 Å². The van der Waals surface area contributed by atoms with Crippen LogP contribution in [0.3, 0.4) is 0 Å². The Labute approximate surface area is 241 Å². The maximum absolute atomic E-state index is 14.2. The lowest BCUT2D eigenvalue weighted by molar-refractivity contribution is 0.0562. The lowest BCUT2D eigenvalue weighted by Gasteiger charge is -2.32. The first kappa shape index (κ1) is 28.5. The predicted molar refractivity (Wildman–Crippen MR) is 154 cm³/mol. The third kappa shape index (κ3) is 6.17. The van der Waals surface area contributed by atoms with Crippen molar-refractivity contribution in [2.75, 3.05) is 59.5 Å². The first-order valence-electron chi connectivity index (χ1n) is 13.3. The monoisotopic (exact) mass is 578 g/mol. The topological polar surface area (TPSA) is 104 Å². The van der Waals surface area contributed by atoms with Crippen LogP contribution in [0.15, 0.2) is 34.9 Å². The van der Waals surface area contributed by atoms with Crippen LogP contribution in [-0.2, 0) is 11.2 Å². The second kappa shape index (κ2) is 12.2. The Bertz CT molecular complexity index is 1580. The van der Waals surface area contributed by atoms with Crippen molar-refractivity contribution in [2.45, 2.75) is 13.3 Å². The first-order chi connectivity index (χ1) is 19.7. The Morgan fingerprint density at radius 1 is 1.20 bits per heavy atom. The Kier molecular flexibility index (Phi) is 8.49. The van der Waals surface area contributed by atoms with Gasteiger partial charge in [0, 0.05) is 68.5 Å². The van der Waals surface area contributed by atoms with Gasteiger partial charge in [-0.3, -0.25) is 14.2 Å². The minimum absolute atomic E-state index is 0.0647. The Morgan fingerprint density at radius 2 is 1.93 bits per heavy atom. The average Bonchev–Trinajstić information content (AvgIpc) is 3.44. The number of amides is 1. The predicted octanol–water partition coefficient (Wildman–Crippen LogP) is 2.26. The van der Waals surface area contributed by atoms with E-state index in [-0.39, 0.29) is 11.6 Å². The van der Waals surface area contributed by atoms with Gasteiger partial charge in [0.25, 0.3) is 5.91 Å². The molecule has 2 aromatic heterocycles. The normalized spacial score (nSPS) is 16.6. The van der Waals surface area contributed by atoms with E-state index in [2.05, 4.69) is 20.8 Å². The molecule has 1 aromatic carbocycles. The zero-order chi connectivity index (χ0) is 29.1. The molecule has 12 heteroatoms. The summed E-state index contributed by atoms with van der Waals surface area (Å²) in [5.74, 6) is 1.72. The number of benzene rings is 1. The quantitative estimate of drug-likeness (QED) is 0.445. The minimum atomic E-state index is -0.663. The van der Waals surface area contributed by atoms with Gasteiger partial charge in [0.15, 0.2) is 0 Å². The molecule has 4 heterocycles. The molecule has 41 heavy (non-hydrogen) atoms. The SMILES string of the molecule is C#CC(=Cn1c(C)nc(-c2ncc(Cc3ccc(F)cc3C(=O)N3CCN(C)CC3)s2)c(O)c1=O)N1CCOCC1. The number of aromatic nitrogens is 3. The van der Waals surface area contributed by atoms with Gasteiger partial charge in [0.2, 0.25) is 5.75 Å². The zero-order valence-corrected chi connectivity index (χ0v) is 23.8. The molecule has 0 atom stereocenters. The number of likely N-dealkylation sites (N-methyl/N-ethyl adjacent to an activating group) is 1. The summed E-state index contributed by atoms with van der Waals surface area (Å²) in [6.07, 6.45) is 9.15. The van der Waals surface area contributed by atoms with Crippen molar-refractivity contribution in [3.05, 3.63) is 68.1 Å². The highest BCUT2D eigenvalue weighted by Gasteiger charge is 2.24. The Hall–Kier alpha value is -4.05. The lowest BCUT2D eigenvalue weighted by atomic mass is 10.0. The summed E-state index contributed by atoms with van der Waals surface area (Å²) in [6.45, 7) is 6.59. The molecule has 10 nitrogen and oxygen atoms in total. The second-order valence-electron chi connectivity index (χ2n) is 9.99. The number of allylic oxidation sites excluding steroid dienone is 1. The minimum Gasteiger partial charge on any atom is -0.501 e. The van der Waals surface area contributed by atoms with Gasteiger partial charge in [-0.1, -0.05) is 12.0 Å². The van der Waals surface area contributed by atoms with Gasteiger partial charge >= 0.3 is 5.56 Å². The van der Waals surface area contributed by atoms with Gasteiger partial charge in [-0.15, -0.1) is 17.8 Å². The van der Waals surface area contributed by atoms with Gasteiger partial charge in [-0.05, 0) is 31.7 Å². The fourth-order valence-corrected chi connectivity index (χ4v) is 5.76. The molecule has 214 valence electrons. The van der Waals surface area contributed by atoms with Crippen molar-refractivity contribution in [3.8, 4) is 28.8 Å². The summed E-state index contributed by atoms with van der Waals surface area (Å²) in [4.78, 5) is 41.9. The number of rotatable bonds is 6. The molecule has 2 fully saturated rings.